The van der Waals surface area contributed by atoms with Gasteiger partial charge in [-0.05, 0) is 43.0 Å². The summed E-state index contributed by atoms with van der Waals surface area (Å²) in [4.78, 5) is 12.4. The Balaban J connectivity index is 1.97. The van der Waals surface area contributed by atoms with Crippen molar-refractivity contribution in [3.8, 4) is 5.75 Å². The SMILES string of the molecule is CCc1ccc([C@H](C)NC(=O)[C@@H](CC)Oc2ccccc2)cc1. The minimum atomic E-state index is -0.477. The van der Waals surface area contributed by atoms with Crippen molar-refractivity contribution in [2.45, 2.75) is 45.8 Å². The van der Waals surface area contributed by atoms with E-state index in [0.29, 0.717) is 6.42 Å². The highest BCUT2D eigenvalue weighted by molar-refractivity contribution is 5.81. The third-order valence-electron chi connectivity index (χ3n) is 3.93. The van der Waals surface area contributed by atoms with Crippen LogP contribution in [0.2, 0.25) is 0 Å². The fourth-order valence-corrected chi connectivity index (χ4v) is 2.42. The molecule has 0 spiro atoms. The van der Waals surface area contributed by atoms with Crippen LogP contribution in [0.4, 0.5) is 0 Å². The monoisotopic (exact) mass is 311 g/mol. The van der Waals surface area contributed by atoms with Gasteiger partial charge in [0.1, 0.15) is 5.75 Å². The van der Waals surface area contributed by atoms with E-state index in [-0.39, 0.29) is 11.9 Å². The predicted octanol–water partition coefficient (Wildman–Crippen LogP) is 4.28. The van der Waals surface area contributed by atoms with Crippen LogP contribution in [-0.2, 0) is 11.2 Å². The number of ether oxygens (including phenoxy) is 1. The van der Waals surface area contributed by atoms with Gasteiger partial charge in [0.05, 0.1) is 6.04 Å². The van der Waals surface area contributed by atoms with Crippen molar-refractivity contribution >= 4 is 5.91 Å². The fraction of sp³-hybridized carbons (Fsp3) is 0.350. The van der Waals surface area contributed by atoms with Gasteiger partial charge in [0.2, 0.25) is 0 Å². The van der Waals surface area contributed by atoms with Crippen LogP contribution in [0, 0.1) is 0 Å². The number of carbonyl (C=O) groups excluding carboxylic acids is 1. The van der Waals surface area contributed by atoms with E-state index in [4.69, 9.17) is 4.74 Å². The molecule has 1 N–H and O–H groups in total. The second-order valence-corrected chi connectivity index (χ2v) is 5.65. The molecular formula is C20H25NO2. The molecule has 1 amide bonds. The molecule has 0 aromatic heterocycles. The lowest BCUT2D eigenvalue weighted by Crippen LogP contribution is -2.39. The number of carbonyl (C=O) groups is 1. The van der Waals surface area contributed by atoms with Crippen molar-refractivity contribution in [1.82, 2.24) is 5.32 Å². The minimum Gasteiger partial charge on any atom is -0.481 e. The second kappa shape index (κ2) is 8.37. The standard InChI is InChI=1S/C20H25NO2/c1-4-16-11-13-17(14-12-16)15(3)21-20(22)19(5-2)23-18-9-7-6-8-10-18/h6-15,19H,4-5H2,1-3H3,(H,21,22)/t15-,19+/m0/s1. The van der Waals surface area contributed by atoms with Crippen LogP contribution < -0.4 is 10.1 Å². The molecule has 3 heteroatoms. The number of benzene rings is 2. The summed E-state index contributed by atoms with van der Waals surface area (Å²) in [6.45, 7) is 6.08. The zero-order valence-electron chi connectivity index (χ0n) is 14.1. The summed E-state index contributed by atoms with van der Waals surface area (Å²) >= 11 is 0. The summed E-state index contributed by atoms with van der Waals surface area (Å²) < 4.78 is 5.79. The molecule has 0 bridgehead atoms. The van der Waals surface area contributed by atoms with E-state index in [1.54, 1.807) is 0 Å². The van der Waals surface area contributed by atoms with Crippen LogP contribution >= 0.6 is 0 Å². The Morgan fingerprint density at radius 2 is 1.70 bits per heavy atom. The van der Waals surface area contributed by atoms with Crippen molar-refractivity contribution in [2.24, 2.45) is 0 Å². The minimum absolute atomic E-state index is 0.0400. The maximum atomic E-state index is 12.4. The highest BCUT2D eigenvalue weighted by Crippen LogP contribution is 2.16. The first-order valence-corrected chi connectivity index (χ1v) is 8.25. The van der Waals surface area contributed by atoms with Gasteiger partial charge < -0.3 is 10.1 Å². The van der Waals surface area contributed by atoms with Gasteiger partial charge in [0.25, 0.3) is 5.91 Å². The number of para-hydroxylation sites is 1. The summed E-state index contributed by atoms with van der Waals surface area (Å²) in [5, 5.41) is 3.04. The van der Waals surface area contributed by atoms with Crippen LogP contribution in [0.5, 0.6) is 5.75 Å². The molecule has 0 unspecified atom stereocenters. The molecule has 2 aromatic rings. The van der Waals surface area contributed by atoms with E-state index in [2.05, 4.69) is 36.5 Å². The third kappa shape index (κ3) is 4.85. The quantitative estimate of drug-likeness (QED) is 0.828. The number of amides is 1. The van der Waals surface area contributed by atoms with Gasteiger partial charge in [0, 0.05) is 0 Å². The van der Waals surface area contributed by atoms with Gasteiger partial charge in [0.15, 0.2) is 6.10 Å². The van der Waals surface area contributed by atoms with Gasteiger partial charge in [-0.3, -0.25) is 4.79 Å². The second-order valence-electron chi connectivity index (χ2n) is 5.65. The summed E-state index contributed by atoms with van der Waals surface area (Å²) in [7, 11) is 0. The largest absolute Gasteiger partial charge is 0.481 e. The molecule has 0 fully saturated rings. The average molecular weight is 311 g/mol. The summed E-state index contributed by atoms with van der Waals surface area (Å²) in [6.07, 6.45) is 1.17. The zero-order chi connectivity index (χ0) is 16.7. The number of aryl methyl sites for hydroxylation is 1. The molecule has 3 nitrogen and oxygen atoms in total. The van der Waals surface area contributed by atoms with Crippen molar-refractivity contribution < 1.29 is 9.53 Å². The number of hydrogen-bond acceptors (Lipinski definition) is 2. The molecule has 0 aliphatic carbocycles. The Kier molecular flexibility index (Phi) is 6.21. The van der Waals surface area contributed by atoms with Gasteiger partial charge in [-0.25, -0.2) is 0 Å². The molecule has 0 aliphatic rings. The van der Waals surface area contributed by atoms with E-state index in [1.165, 1.54) is 5.56 Å². The number of rotatable bonds is 7. The Labute approximate surface area is 138 Å². The molecule has 0 heterocycles. The third-order valence-corrected chi connectivity index (χ3v) is 3.93. The van der Waals surface area contributed by atoms with Crippen molar-refractivity contribution in [1.29, 1.82) is 0 Å². The van der Waals surface area contributed by atoms with E-state index in [1.807, 2.05) is 44.2 Å². The first-order valence-electron chi connectivity index (χ1n) is 8.25. The predicted molar refractivity (Wildman–Crippen MR) is 93.5 cm³/mol. The summed E-state index contributed by atoms with van der Waals surface area (Å²) in [6, 6.07) is 17.8. The number of nitrogens with one attached hydrogen (secondary N) is 1. The van der Waals surface area contributed by atoms with Crippen molar-refractivity contribution in [2.75, 3.05) is 0 Å². The van der Waals surface area contributed by atoms with Gasteiger partial charge >= 0.3 is 0 Å². The highest BCUT2D eigenvalue weighted by Gasteiger charge is 2.20. The molecule has 0 radical (unpaired) electrons. The smallest absolute Gasteiger partial charge is 0.261 e. The first-order chi connectivity index (χ1) is 11.1. The molecule has 0 saturated heterocycles. The lowest BCUT2D eigenvalue weighted by Gasteiger charge is -2.21. The van der Waals surface area contributed by atoms with Crippen molar-refractivity contribution in [3.05, 3.63) is 65.7 Å². The van der Waals surface area contributed by atoms with Crippen LogP contribution in [-0.4, -0.2) is 12.0 Å². The normalized spacial score (nSPS) is 13.2. The molecule has 0 saturated carbocycles. The fourth-order valence-electron chi connectivity index (χ4n) is 2.42. The van der Waals surface area contributed by atoms with Gasteiger partial charge in [-0.1, -0.05) is 56.3 Å². The molecule has 0 aliphatic heterocycles. The maximum Gasteiger partial charge on any atom is 0.261 e. The van der Waals surface area contributed by atoms with Crippen LogP contribution in [0.25, 0.3) is 0 Å². The van der Waals surface area contributed by atoms with Crippen molar-refractivity contribution in [3.63, 3.8) is 0 Å². The lowest BCUT2D eigenvalue weighted by atomic mass is 10.0. The van der Waals surface area contributed by atoms with Gasteiger partial charge in [-0.2, -0.15) is 0 Å². The first kappa shape index (κ1) is 17.1. The Hall–Kier alpha value is -2.29. The highest BCUT2D eigenvalue weighted by atomic mass is 16.5. The van der Waals surface area contributed by atoms with Crippen LogP contribution in [0.15, 0.2) is 54.6 Å². The van der Waals surface area contributed by atoms with E-state index in [0.717, 1.165) is 17.7 Å². The summed E-state index contributed by atoms with van der Waals surface area (Å²) in [5.41, 5.74) is 2.40. The zero-order valence-corrected chi connectivity index (χ0v) is 14.1. The van der Waals surface area contributed by atoms with Gasteiger partial charge in [-0.15, -0.1) is 0 Å². The average Bonchev–Trinajstić information content (AvgIpc) is 2.60. The Bertz CT molecular complexity index is 607. The molecule has 2 atom stereocenters. The molecule has 122 valence electrons. The molecular weight excluding hydrogens is 286 g/mol. The molecule has 23 heavy (non-hydrogen) atoms. The van der Waals surface area contributed by atoms with Crippen LogP contribution in [0.1, 0.15) is 44.4 Å². The molecule has 2 aromatic carbocycles. The van der Waals surface area contributed by atoms with Crippen LogP contribution in [0.3, 0.4) is 0 Å². The Morgan fingerprint density at radius 1 is 1.04 bits per heavy atom. The Morgan fingerprint density at radius 3 is 2.26 bits per heavy atom. The maximum absolute atomic E-state index is 12.4. The van der Waals surface area contributed by atoms with E-state index < -0.39 is 6.10 Å². The van der Waals surface area contributed by atoms with E-state index >= 15 is 0 Å². The number of hydrogen-bond donors (Lipinski definition) is 1. The topological polar surface area (TPSA) is 38.3 Å². The lowest BCUT2D eigenvalue weighted by molar-refractivity contribution is -0.128. The molecule has 2 rings (SSSR count). The van der Waals surface area contributed by atoms with E-state index in [9.17, 15) is 4.79 Å². The summed E-state index contributed by atoms with van der Waals surface area (Å²) in [5.74, 6) is 0.637.